The maximum Gasteiger partial charge on any atom is 0.338 e. The summed E-state index contributed by atoms with van der Waals surface area (Å²) in [6.07, 6.45) is 0.919. The highest BCUT2D eigenvalue weighted by Gasteiger charge is 2.20. The lowest BCUT2D eigenvalue weighted by atomic mass is 10.2. The van der Waals surface area contributed by atoms with Crippen molar-refractivity contribution in [3.05, 3.63) is 29.8 Å². The third-order valence-corrected chi connectivity index (χ3v) is 2.97. The van der Waals surface area contributed by atoms with Crippen LogP contribution in [0.15, 0.2) is 24.3 Å². The monoisotopic (exact) mass is 322 g/mol. The topological polar surface area (TPSA) is 93.7 Å². The number of unbranched alkanes of at least 4 members (excludes halogenated alkanes) is 1. The van der Waals surface area contributed by atoms with E-state index in [-0.39, 0.29) is 0 Å². The van der Waals surface area contributed by atoms with Crippen molar-refractivity contribution in [1.82, 2.24) is 10.6 Å². The molecular formula is C16H22N2O5. The molecule has 1 aromatic rings. The van der Waals surface area contributed by atoms with E-state index in [2.05, 4.69) is 12.2 Å². The Morgan fingerprint density at radius 1 is 1.17 bits per heavy atom. The molecule has 126 valence electrons. The van der Waals surface area contributed by atoms with Crippen LogP contribution >= 0.6 is 0 Å². The average Bonchev–Trinajstić information content (AvgIpc) is 2.55. The van der Waals surface area contributed by atoms with Gasteiger partial charge in [-0.25, -0.2) is 9.59 Å². The second-order valence-corrected chi connectivity index (χ2v) is 4.84. The highest BCUT2D eigenvalue weighted by molar-refractivity contribution is 5.98. The number of benzene rings is 1. The van der Waals surface area contributed by atoms with Gasteiger partial charge in [0.1, 0.15) is 5.75 Å². The SMILES string of the molecule is CCCCOc1ccc(C(=O)O[C@@H](C)C(=O)NC(=O)NC)cc1. The molecule has 0 unspecified atom stereocenters. The number of imide groups is 1. The molecule has 0 fully saturated rings. The molecule has 0 saturated carbocycles. The molecule has 7 heteroatoms. The van der Waals surface area contributed by atoms with Crippen LogP contribution in [0.4, 0.5) is 4.79 Å². The molecule has 1 rings (SSSR count). The lowest BCUT2D eigenvalue weighted by molar-refractivity contribution is -0.127. The van der Waals surface area contributed by atoms with Crippen LogP contribution in [0.5, 0.6) is 5.75 Å². The lowest BCUT2D eigenvalue weighted by Crippen LogP contribution is -2.43. The first kappa shape index (κ1) is 18.5. The van der Waals surface area contributed by atoms with Gasteiger partial charge in [-0.3, -0.25) is 10.1 Å². The van der Waals surface area contributed by atoms with Crippen LogP contribution in [-0.4, -0.2) is 37.7 Å². The molecule has 0 saturated heterocycles. The third kappa shape index (κ3) is 6.37. The summed E-state index contributed by atoms with van der Waals surface area (Å²) in [7, 11) is 1.38. The van der Waals surface area contributed by atoms with Gasteiger partial charge in [0.05, 0.1) is 12.2 Å². The van der Waals surface area contributed by atoms with Gasteiger partial charge in [0.25, 0.3) is 5.91 Å². The van der Waals surface area contributed by atoms with Crippen molar-refractivity contribution in [3.8, 4) is 5.75 Å². The van der Waals surface area contributed by atoms with E-state index in [1.165, 1.54) is 14.0 Å². The molecule has 0 aliphatic rings. The Balaban J connectivity index is 2.53. The number of hydrogen-bond acceptors (Lipinski definition) is 5. The number of ether oxygens (including phenoxy) is 2. The van der Waals surface area contributed by atoms with Crippen molar-refractivity contribution in [2.75, 3.05) is 13.7 Å². The van der Waals surface area contributed by atoms with Crippen molar-refractivity contribution >= 4 is 17.9 Å². The minimum absolute atomic E-state index is 0.299. The number of amides is 3. The maximum absolute atomic E-state index is 11.9. The Kier molecular flexibility index (Phi) is 7.59. The smallest absolute Gasteiger partial charge is 0.338 e. The van der Waals surface area contributed by atoms with Crippen LogP contribution in [0.3, 0.4) is 0 Å². The number of nitrogens with one attached hydrogen (secondary N) is 2. The van der Waals surface area contributed by atoms with Crippen LogP contribution in [-0.2, 0) is 9.53 Å². The Bertz CT molecular complexity index is 542. The predicted molar refractivity (Wildman–Crippen MR) is 84.3 cm³/mol. The van der Waals surface area contributed by atoms with Gasteiger partial charge < -0.3 is 14.8 Å². The van der Waals surface area contributed by atoms with E-state index in [1.807, 2.05) is 5.32 Å². The largest absolute Gasteiger partial charge is 0.494 e. The maximum atomic E-state index is 11.9. The first-order valence-electron chi connectivity index (χ1n) is 7.44. The molecule has 0 aromatic heterocycles. The molecule has 2 N–H and O–H groups in total. The second kappa shape index (κ2) is 9.45. The normalized spacial score (nSPS) is 11.3. The van der Waals surface area contributed by atoms with Gasteiger partial charge in [0.15, 0.2) is 6.10 Å². The number of rotatable bonds is 7. The van der Waals surface area contributed by atoms with E-state index in [1.54, 1.807) is 24.3 Å². The fraction of sp³-hybridized carbons (Fsp3) is 0.438. The third-order valence-electron chi connectivity index (χ3n) is 2.97. The zero-order valence-electron chi connectivity index (χ0n) is 13.5. The molecule has 23 heavy (non-hydrogen) atoms. The van der Waals surface area contributed by atoms with Gasteiger partial charge in [-0.2, -0.15) is 0 Å². The van der Waals surface area contributed by atoms with Crippen molar-refractivity contribution in [1.29, 1.82) is 0 Å². The number of hydrogen-bond donors (Lipinski definition) is 2. The fourth-order valence-electron chi connectivity index (χ4n) is 1.58. The Morgan fingerprint density at radius 2 is 1.83 bits per heavy atom. The Hall–Kier alpha value is -2.57. The van der Waals surface area contributed by atoms with Gasteiger partial charge in [-0.05, 0) is 37.6 Å². The molecule has 1 aromatic carbocycles. The molecule has 0 aliphatic heterocycles. The lowest BCUT2D eigenvalue weighted by Gasteiger charge is -2.13. The number of urea groups is 1. The highest BCUT2D eigenvalue weighted by Crippen LogP contribution is 2.14. The van der Waals surface area contributed by atoms with Gasteiger partial charge >= 0.3 is 12.0 Å². The zero-order valence-corrected chi connectivity index (χ0v) is 13.5. The Labute approximate surface area is 135 Å². The standard InChI is InChI=1S/C16H22N2O5/c1-4-5-10-22-13-8-6-12(7-9-13)15(20)23-11(2)14(19)18-16(21)17-3/h6-9,11H,4-5,10H2,1-3H3,(H2,17,18,19,21)/t11-/m0/s1. The van der Waals surface area contributed by atoms with Gasteiger partial charge in [0, 0.05) is 7.05 Å². The van der Waals surface area contributed by atoms with Gasteiger partial charge in [0.2, 0.25) is 0 Å². The summed E-state index contributed by atoms with van der Waals surface area (Å²) in [5, 5.41) is 4.28. The van der Waals surface area contributed by atoms with Crippen molar-refractivity contribution in [2.24, 2.45) is 0 Å². The van der Waals surface area contributed by atoms with E-state index >= 15 is 0 Å². The Morgan fingerprint density at radius 3 is 2.39 bits per heavy atom. The van der Waals surface area contributed by atoms with E-state index in [9.17, 15) is 14.4 Å². The van der Waals surface area contributed by atoms with Crippen LogP contribution in [0.1, 0.15) is 37.0 Å². The summed E-state index contributed by atoms with van der Waals surface area (Å²) >= 11 is 0. The second-order valence-electron chi connectivity index (χ2n) is 4.84. The summed E-state index contributed by atoms with van der Waals surface area (Å²) in [5.74, 6) is -0.678. The summed E-state index contributed by atoms with van der Waals surface area (Å²) in [5.41, 5.74) is 0.299. The minimum Gasteiger partial charge on any atom is -0.494 e. The molecule has 0 heterocycles. The number of carbonyl (C=O) groups excluding carboxylic acids is 3. The van der Waals surface area contributed by atoms with Crippen LogP contribution in [0.25, 0.3) is 0 Å². The van der Waals surface area contributed by atoms with Gasteiger partial charge in [-0.1, -0.05) is 13.3 Å². The predicted octanol–water partition coefficient (Wildman–Crippen LogP) is 1.87. The first-order chi connectivity index (χ1) is 11.0. The molecule has 0 radical (unpaired) electrons. The average molecular weight is 322 g/mol. The summed E-state index contributed by atoms with van der Waals surface area (Å²) < 4.78 is 10.5. The summed E-state index contributed by atoms with van der Waals surface area (Å²) in [4.78, 5) is 34.6. The van der Waals surface area contributed by atoms with E-state index in [0.717, 1.165) is 12.8 Å². The van der Waals surface area contributed by atoms with E-state index < -0.39 is 24.0 Å². The number of carbonyl (C=O) groups is 3. The van der Waals surface area contributed by atoms with Crippen LogP contribution in [0, 0.1) is 0 Å². The summed E-state index contributed by atoms with van der Waals surface area (Å²) in [6.45, 7) is 4.08. The first-order valence-corrected chi connectivity index (χ1v) is 7.44. The van der Waals surface area contributed by atoms with Crippen molar-refractivity contribution in [2.45, 2.75) is 32.8 Å². The molecular weight excluding hydrogens is 300 g/mol. The van der Waals surface area contributed by atoms with Crippen LogP contribution in [0.2, 0.25) is 0 Å². The number of esters is 1. The van der Waals surface area contributed by atoms with Crippen LogP contribution < -0.4 is 15.4 Å². The molecule has 3 amide bonds. The quantitative estimate of drug-likeness (QED) is 0.590. The molecule has 0 aliphatic carbocycles. The van der Waals surface area contributed by atoms with E-state index in [0.29, 0.717) is 17.9 Å². The fourth-order valence-corrected chi connectivity index (χ4v) is 1.58. The van der Waals surface area contributed by atoms with Gasteiger partial charge in [-0.15, -0.1) is 0 Å². The molecule has 0 spiro atoms. The molecule has 1 atom stereocenters. The zero-order chi connectivity index (χ0) is 17.2. The van der Waals surface area contributed by atoms with Crippen molar-refractivity contribution < 1.29 is 23.9 Å². The molecule has 7 nitrogen and oxygen atoms in total. The van der Waals surface area contributed by atoms with E-state index in [4.69, 9.17) is 9.47 Å². The highest BCUT2D eigenvalue weighted by atomic mass is 16.5. The van der Waals surface area contributed by atoms with Crippen molar-refractivity contribution in [3.63, 3.8) is 0 Å². The summed E-state index contributed by atoms with van der Waals surface area (Å²) in [6, 6.07) is 5.80. The minimum atomic E-state index is -1.08. The molecule has 0 bridgehead atoms.